The molecule has 0 radical (unpaired) electrons. The largest absolute Gasteiger partial charge is 0.462 e. The molecule has 0 saturated carbocycles. The highest BCUT2D eigenvalue weighted by atomic mass is 16.5. The van der Waals surface area contributed by atoms with Crippen molar-refractivity contribution in [1.29, 1.82) is 0 Å². The van der Waals surface area contributed by atoms with E-state index in [1.165, 1.54) is 0 Å². The van der Waals surface area contributed by atoms with Crippen LogP contribution in [0, 0.1) is 25.7 Å². The summed E-state index contributed by atoms with van der Waals surface area (Å²) in [6, 6.07) is 25.6. The van der Waals surface area contributed by atoms with Crippen molar-refractivity contribution in [3.63, 3.8) is 0 Å². The van der Waals surface area contributed by atoms with E-state index in [2.05, 4.69) is 29.4 Å². The molecule has 3 aliphatic carbocycles. The van der Waals surface area contributed by atoms with Crippen molar-refractivity contribution in [2.75, 3.05) is 6.61 Å². The average Bonchev–Trinajstić information content (AvgIpc) is 3.42. The molecule has 1 fully saturated rings. The van der Waals surface area contributed by atoms with Gasteiger partial charge >= 0.3 is 5.97 Å². The topological polar surface area (TPSA) is 81.0 Å². The number of nitrogens with zero attached hydrogens (tertiary/aromatic N) is 3. The fourth-order valence-corrected chi connectivity index (χ4v) is 7.23. The number of hydrogen-bond donors (Lipinski definition) is 0. The van der Waals surface area contributed by atoms with Gasteiger partial charge in [-0.3, -0.25) is 9.59 Å². The molecule has 2 atom stereocenters. The van der Waals surface area contributed by atoms with Crippen LogP contribution in [0.15, 0.2) is 84.0 Å². The molecule has 1 saturated heterocycles. The summed E-state index contributed by atoms with van der Waals surface area (Å²) in [5, 5.41) is 5.59. The number of para-hydroxylation sites is 1. The van der Waals surface area contributed by atoms with Gasteiger partial charge in [0.25, 0.3) is 11.8 Å². The molecule has 2 heterocycles. The normalized spacial score (nSPS) is 22.2. The van der Waals surface area contributed by atoms with E-state index in [9.17, 15) is 14.4 Å². The molecule has 41 heavy (non-hydrogen) atoms. The van der Waals surface area contributed by atoms with Crippen molar-refractivity contribution >= 4 is 24.0 Å². The molecule has 204 valence electrons. The number of aryl methyl sites for hydroxylation is 1. The summed E-state index contributed by atoms with van der Waals surface area (Å²) in [5.41, 5.74) is 8.17. The van der Waals surface area contributed by atoms with E-state index in [-0.39, 0.29) is 30.3 Å². The number of rotatable bonds is 5. The second kappa shape index (κ2) is 9.41. The molecule has 2 amide bonds. The molecule has 1 aromatic heterocycles. The highest BCUT2D eigenvalue weighted by Crippen LogP contribution is 2.60. The minimum Gasteiger partial charge on any atom is -0.462 e. The van der Waals surface area contributed by atoms with E-state index in [0.717, 1.165) is 44.2 Å². The Labute approximate surface area is 238 Å². The highest BCUT2D eigenvalue weighted by Gasteiger charge is 2.61. The Morgan fingerprint density at radius 2 is 1.34 bits per heavy atom. The maximum Gasteiger partial charge on any atom is 0.340 e. The minimum absolute atomic E-state index is 0.168. The summed E-state index contributed by atoms with van der Waals surface area (Å²) in [6.45, 7) is 5.93. The SMILES string of the molecule is CCOC(=O)c1ccccc1-n1c(C)cc(/C=N\N2C(=O)[C@@H]3C4c5ccccc5C(c5ccccc54)[C@@H]3C2=O)c1C. The smallest absolute Gasteiger partial charge is 0.340 e. The number of aromatic nitrogens is 1. The molecule has 7 heteroatoms. The second-order valence-corrected chi connectivity index (χ2v) is 10.9. The predicted octanol–water partition coefficient (Wildman–Crippen LogP) is 5.50. The van der Waals surface area contributed by atoms with Crippen molar-refractivity contribution in [2.45, 2.75) is 32.6 Å². The summed E-state index contributed by atoms with van der Waals surface area (Å²) >= 11 is 0. The van der Waals surface area contributed by atoms with E-state index in [0.29, 0.717) is 11.3 Å². The van der Waals surface area contributed by atoms with Crippen LogP contribution in [0.1, 0.15) is 68.3 Å². The van der Waals surface area contributed by atoms with Crippen LogP contribution in [-0.4, -0.2) is 40.2 Å². The maximum atomic E-state index is 13.9. The van der Waals surface area contributed by atoms with Crippen LogP contribution in [0.2, 0.25) is 0 Å². The third-order valence-electron chi connectivity index (χ3n) is 8.85. The first kappa shape index (κ1) is 25.2. The van der Waals surface area contributed by atoms with Crippen molar-refractivity contribution in [3.05, 3.63) is 124 Å². The Balaban J connectivity index is 1.25. The van der Waals surface area contributed by atoms with Crippen molar-refractivity contribution in [1.82, 2.24) is 9.58 Å². The Morgan fingerprint density at radius 1 is 0.829 bits per heavy atom. The van der Waals surface area contributed by atoms with E-state index >= 15 is 0 Å². The highest BCUT2D eigenvalue weighted by molar-refractivity contribution is 6.08. The van der Waals surface area contributed by atoms with Crippen LogP contribution in [0.4, 0.5) is 0 Å². The van der Waals surface area contributed by atoms with Gasteiger partial charge in [-0.05, 0) is 61.2 Å². The number of carbonyl (C=O) groups excluding carboxylic acids is 3. The summed E-state index contributed by atoms with van der Waals surface area (Å²) in [7, 11) is 0. The standard InChI is InChI=1S/C34H29N3O4/c1-4-41-34(40)26-15-9-10-16-27(26)36-19(2)17-21(20(36)3)18-35-37-32(38)30-28-22-11-5-6-12-23(22)29(31(30)33(37)39)25-14-8-7-13-24(25)28/h5-18,28-31H,4H2,1-3H3/b35-18-/t28?,29?,30-,31+. The van der Waals surface area contributed by atoms with E-state index in [1.807, 2.05) is 60.9 Å². The molecule has 0 N–H and O–H groups in total. The first-order valence-corrected chi connectivity index (χ1v) is 14.0. The third kappa shape index (κ3) is 3.58. The van der Waals surface area contributed by atoms with Gasteiger partial charge in [-0.2, -0.15) is 10.1 Å². The van der Waals surface area contributed by atoms with Gasteiger partial charge in [0, 0.05) is 28.8 Å². The molecule has 4 aliphatic rings. The fourth-order valence-electron chi connectivity index (χ4n) is 7.23. The van der Waals surface area contributed by atoms with Gasteiger partial charge in [0.15, 0.2) is 0 Å². The predicted molar refractivity (Wildman–Crippen MR) is 154 cm³/mol. The number of amides is 2. The lowest BCUT2D eigenvalue weighted by Crippen LogP contribution is -2.41. The van der Waals surface area contributed by atoms with Crippen LogP contribution in [0.3, 0.4) is 0 Å². The zero-order valence-corrected chi connectivity index (χ0v) is 23.1. The fraction of sp³-hybridized carbons (Fsp3) is 0.235. The third-order valence-corrected chi connectivity index (χ3v) is 8.85. The molecular formula is C34H29N3O4. The van der Waals surface area contributed by atoms with Crippen molar-refractivity contribution in [2.24, 2.45) is 16.9 Å². The molecular weight excluding hydrogens is 514 g/mol. The summed E-state index contributed by atoms with van der Waals surface area (Å²) < 4.78 is 7.24. The van der Waals surface area contributed by atoms with Crippen molar-refractivity contribution < 1.29 is 19.1 Å². The number of esters is 1. The van der Waals surface area contributed by atoms with Gasteiger partial charge in [0.05, 0.1) is 35.9 Å². The molecule has 2 bridgehead atoms. The zero-order chi connectivity index (χ0) is 28.4. The minimum atomic E-state index is -0.474. The van der Waals surface area contributed by atoms with Gasteiger partial charge in [0.1, 0.15) is 0 Å². The number of benzene rings is 3. The van der Waals surface area contributed by atoms with Crippen LogP contribution >= 0.6 is 0 Å². The summed E-state index contributed by atoms with van der Waals surface area (Å²) in [5.74, 6) is -2.18. The van der Waals surface area contributed by atoms with Gasteiger partial charge in [0.2, 0.25) is 0 Å². The van der Waals surface area contributed by atoms with Gasteiger partial charge < -0.3 is 9.30 Å². The quantitative estimate of drug-likeness (QED) is 0.189. The Hall–Kier alpha value is -4.78. The van der Waals surface area contributed by atoms with Gasteiger partial charge in [-0.15, -0.1) is 0 Å². The number of carbonyl (C=O) groups is 3. The van der Waals surface area contributed by atoms with E-state index in [4.69, 9.17) is 4.74 Å². The Bertz CT molecular complexity index is 1670. The van der Waals surface area contributed by atoms with Crippen LogP contribution in [0.25, 0.3) is 5.69 Å². The molecule has 0 unspecified atom stereocenters. The van der Waals surface area contributed by atoms with Gasteiger partial charge in [-0.25, -0.2) is 4.79 Å². The van der Waals surface area contributed by atoms with Crippen LogP contribution in [-0.2, 0) is 14.3 Å². The van der Waals surface area contributed by atoms with E-state index in [1.54, 1.807) is 25.3 Å². The molecule has 3 aromatic carbocycles. The monoisotopic (exact) mass is 543 g/mol. The molecule has 1 aliphatic heterocycles. The molecule has 7 nitrogen and oxygen atoms in total. The Kier molecular flexibility index (Phi) is 5.78. The number of hydrazone groups is 1. The second-order valence-electron chi connectivity index (χ2n) is 10.9. The molecule has 4 aromatic rings. The van der Waals surface area contributed by atoms with Gasteiger partial charge in [-0.1, -0.05) is 60.7 Å². The van der Waals surface area contributed by atoms with Crippen LogP contribution in [0.5, 0.6) is 0 Å². The van der Waals surface area contributed by atoms with E-state index < -0.39 is 17.8 Å². The van der Waals surface area contributed by atoms with Crippen LogP contribution < -0.4 is 0 Å². The first-order chi connectivity index (χ1) is 19.9. The molecule has 8 rings (SSSR count). The average molecular weight is 544 g/mol. The summed E-state index contributed by atoms with van der Waals surface area (Å²) in [6.07, 6.45) is 1.58. The lowest BCUT2D eigenvalue weighted by Gasteiger charge is -2.45. The number of hydrogen-bond acceptors (Lipinski definition) is 5. The summed E-state index contributed by atoms with van der Waals surface area (Å²) in [4.78, 5) is 40.4. The zero-order valence-electron chi connectivity index (χ0n) is 23.1. The first-order valence-electron chi connectivity index (χ1n) is 14.0. The maximum absolute atomic E-state index is 13.9. The lowest BCUT2D eigenvalue weighted by molar-refractivity contribution is -0.139. The lowest BCUT2D eigenvalue weighted by atomic mass is 9.55. The number of ether oxygens (including phenoxy) is 1. The molecule has 0 spiro atoms. The Morgan fingerprint density at radius 3 is 1.88 bits per heavy atom. The van der Waals surface area contributed by atoms with Crippen molar-refractivity contribution in [3.8, 4) is 5.69 Å². The number of imide groups is 1.